The zero-order chi connectivity index (χ0) is 18.1. The summed E-state index contributed by atoms with van der Waals surface area (Å²) in [5.74, 6) is -2.51. The van der Waals surface area contributed by atoms with Gasteiger partial charge in [0.1, 0.15) is 11.4 Å². The molecule has 128 valence electrons. The summed E-state index contributed by atoms with van der Waals surface area (Å²) in [6.07, 6.45) is -2.45. The first-order valence-corrected chi connectivity index (χ1v) is 6.92. The van der Waals surface area contributed by atoms with Crippen molar-refractivity contribution in [2.45, 2.75) is 19.6 Å². The fraction of sp³-hybridized carbons (Fsp3) is 0.250. The van der Waals surface area contributed by atoms with Crippen LogP contribution in [0.4, 0.5) is 17.6 Å². The predicted molar refractivity (Wildman–Crippen MR) is 79.3 cm³/mol. The van der Waals surface area contributed by atoms with Crippen LogP contribution in [0.25, 0.3) is 10.9 Å². The minimum atomic E-state index is -4.91. The third kappa shape index (κ3) is 3.17. The maximum Gasteiger partial charge on any atom is 0.419 e. The van der Waals surface area contributed by atoms with Crippen molar-refractivity contribution < 1.29 is 27.1 Å². The molecule has 0 fully saturated rings. The number of nitrogens with zero attached hydrogens (tertiary/aromatic N) is 1. The van der Waals surface area contributed by atoms with E-state index >= 15 is 0 Å². The number of allylic oxidation sites excluding steroid dienone is 1. The summed E-state index contributed by atoms with van der Waals surface area (Å²) >= 11 is 0. The van der Waals surface area contributed by atoms with E-state index in [9.17, 15) is 27.2 Å². The Labute approximate surface area is 134 Å². The van der Waals surface area contributed by atoms with Crippen LogP contribution in [-0.4, -0.2) is 17.1 Å². The molecule has 4 nitrogen and oxygen atoms in total. The van der Waals surface area contributed by atoms with Crippen molar-refractivity contribution >= 4 is 16.9 Å². The van der Waals surface area contributed by atoms with E-state index in [1.807, 2.05) is 0 Å². The number of hydrogen-bond donors (Lipinski definition) is 0. The van der Waals surface area contributed by atoms with Crippen LogP contribution in [0, 0.1) is 5.82 Å². The van der Waals surface area contributed by atoms with Crippen LogP contribution >= 0.6 is 0 Å². The summed E-state index contributed by atoms with van der Waals surface area (Å²) in [5, 5.41) is -0.340. The van der Waals surface area contributed by atoms with Crippen LogP contribution in [0.15, 0.2) is 35.8 Å². The third-order valence-electron chi connectivity index (χ3n) is 3.30. The summed E-state index contributed by atoms with van der Waals surface area (Å²) in [7, 11) is 0. The van der Waals surface area contributed by atoms with Crippen LogP contribution in [-0.2, 0) is 17.5 Å². The van der Waals surface area contributed by atoms with Gasteiger partial charge in [-0.3, -0.25) is 4.79 Å². The molecule has 0 bridgehead atoms. The van der Waals surface area contributed by atoms with E-state index in [-0.39, 0.29) is 29.6 Å². The lowest BCUT2D eigenvalue weighted by Crippen LogP contribution is -2.22. The SMILES string of the molecule is C=CCn1cc(C(=O)OCC)c(=O)c2cc(F)c(C(F)(F)F)cc21. The average Bonchev–Trinajstić information content (AvgIpc) is 2.49. The molecule has 0 aliphatic heterocycles. The smallest absolute Gasteiger partial charge is 0.419 e. The highest BCUT2D eigenvalue weighted by molar-refractivity contribution is 5.94. The third-order valence-corrected chi connectivity index (χ3v) is 3.30. The van der Waals surface area contributed by atoms with Crippen molar-refractivity contribution in [2.24, 2.45) is 0 Å². The number of ether oxygens (including phenoxy) is 1. The molecule has 2 rings (SSSR count). The highest BCUT2D eigenvalue weighted by Crippen LogP contribution is 2.33. The summed E-state index contributed by atoms with van der Waals surface area (Å²) < 4.78 is 58.4. The number of esters is 1. The number of benzene rings is 1. The molecule has 1 aromatic carbocycles. The molecule has 0 amide bonds. The van der Waals surface area contributed by atoms with Crippen LogP contribution in [0.1, 0.15) is 22.8 Å². The van der Waals surface area contributed by atoms with Gasteiger partial charge in [-0.2, -0.15) is 13.2 Å². The lowest BCUT2D eigenvalue weighted by molar-refractivity contribution is -0.139. The monoisotopic (exact) mass is 343 g/mol. The molecule has 0 saturated carbocycles. The Hall–Kier alpha value is -2.64. The highest BCUT2D eigenvalue weighted by Gasteiger charge is 2.35. The molecular formula is C16H13F4NO3. The zero-order valence-corrected chi connectivity index (χ0v) is 12.6. The quantitative estimate of drug-likeness (QED) is 0.485. The Morgan fingerprint density at radius 2 is 2.04 bits per heavy atom. The number of rotatable bonds is 4. The minimum Gasteiger partial charge on any atom is -0.462 e. The molecule has 24 heavy (non-hydrogen) atoms. The molecule has 1 aromatic heterocycles. The van der Waals surface area contributed by atoms with Gasteiger partial charge in [-0.1, -0.05) is 6.08 Å². The molecule has 0 saturated heterocycles. The number of carbonyl (C=O) groups excluding carboxylic acids is 1. The van der Waals surface area contributed by atoms with Gasteiger partial charge in [0, 0.05) is 18.1 Å². The van der Waals surface area contributed by atoms with Gasteiger partial charge in [0.15, 0.2) is 0 Å². The molecule has 0 atom stereocenters. The molecule has 8 heteroatoms. The Morgan fingerprint density at radius 3 is 2.58 bits per heavy atom. The molecule has 0 aliphatic rings. The standard InChI is InChI=1S/C16H13F4NO3/c1-3-5-21-8-10(15(23)24-4-2)14(22)9-6-12(17)11(7-13(9)21)16(18,19)20/h3,6-8H,1,4-5H2,2H3. The van der Waals surface area contributed by atoms with Gasteiger partial charge in [-0.05, 0) is 19.1 Å². The Kier molecular flexibility index (Phi) is 4.77. The van der Waals surface area contributed by atoms with Crippen molar-refractivity contribution in [2.75, 3.05) is 6.61 Å². The van der Waals surface area contributed by atoms with Gasteiger partial charge >= 0.3 is 12.1 Å². The van der Waals surface area contributed by atoms with Gasteiger partial charge < -0.3 is 9.30 Å². The van der Waals surface area contributed by atoms with E-state index in [0.717, 1.165) is 6.20 Å². The largest absolute Gasteiger partial charge is 0.462 e. The van der Waals surface area contributed by atoms with E-state index in [2.05, 4.69) is 6.58 Å². The van der Waals surface area contributed by atoms with E-state index in [1.54, 1.807) is 0 Å². The lowest BCUT2D eigenvalue weighted by atomic mass is 10.1. The molecular weight excluding hydrogens is 330 g/mol. The topological polar surface area (TPSA) is 48.3 Å². The van der Waals surface area contributed by atoms with Gasteiger partial charge in [-0.25, -0.2) is 9.18 Å². The van der Waals surface area contributed by atoms with Crippen LogP contribution < -0.4 is 5.43 Å². The maximum atomic E-state index is 13.8. The second-order valence-electron chi connectivity index (χ2n) is 4.88. The maximum absolute atomic E-state index is 13.8. The number of carbonyl (C=O) groups is 1. The Bertz CT molecular complexity index is 868. The van der Waals surface area contributed by atoms with E-state index < -0.39 is 29.0 Å². The molecule has 1 heterocycles. The molecule has 0 aliphatic carbocycles. The van der Waals surface area contributed by atoms with Crippen molar-refractivity contribution in [3.05, 3.63) is 58.2 Å². The minimum absolute atomic E-state index is 0.0130. The van der Waals surface area contributed by atoms with E-state index in [4.69, 9.17) is 4.74 Å². The van der Waals surface area contributed by atoms with E-state index in [1.165, 1.54) is 17.6 Å². The van der Waals surface area contributed by atoms with Gasteiger partial charge in [0.05, 0.1) is 17.7 Å². The van der Waals surface area contributed by atoms with Crippen molar-refractivity contribution in [3.63, 3.8) is 0 Å². The average molecular weight is 343 g/mol. The molecule has 2 aromatic rings. The summed E-state index contributed by atoms with van der Waals surface area (Å²) in [4.78, 5) is 24.2. The number of alkyl halides is 3. The first kappa shape index (κ1) is 17.7. The first-order chi connectivity index (χ1) is 11.2. The Balaban J connectivity index is 2.86. The normalized spacial score (nSPS) is 11.5. The first-order valence-electron chi connectivity index (χ1n) is 6.92. The number of fused-ring (bicyclic) bond motifs is 1. The van der Waals surface area contributed by atoms with Crippen molar-refractivity contribution in [3.8, 4) is 0 Å². The number of hydrogen-bond acceptors (Lipinski definition) is 3. The highest BCUT2D eigenvalue weighted by atomic mass is 19.4. The fourth-order valence-corrected chi connectivity index (χ4v) is 2.27. The summed E-state index contributed by atoms with van der Waals surface area (Å²) in [5.41, 5.74) is -2.92. The Morgan fingerprint density at radius 1 is 1.38 bits per heavy atom. The van der Waals surface area contributed by atoms with Gasteiger partial charge in [-0.15, -0.1) is 6.58 Å². The van der Waals surface area contributed by atoms with Crippen LogP contribution in [0.5, 0.6) is 0 Å². The van der Waals surface area contributed by atoms with Gasteiger partial charge in [0.2, 0.25) is 5.43 Å². The molecule has 0 radical (unpaired) electrons. The fourth-order valence-electron chi connectivity index (χ4n) is 2.27. The number of pyridine rings is 1. The predicted octanol–water partition coefficient (Wildman–Crippen LogP) is 3.52. The number of aromatic nitrogens is 1. The number of halogens is 4. The second kappa shape index (κ2) is 6.46. The van der Waals surface area contributed by atoms with Crippen molar-refractivity contribution in [1.82, 2.24) is 4.57 Å². The molecule has 0 N–H and O–H groups in total. The van der Waals surface area contributed by atoms with Crippen LogP contribution in [0.2, 0.25) is 0 Å². The summed E-state index contributed by atoms with van der Waals surface area (Å²) in [6, 6.07) is 1.04. The second-order valence-corrected chi connectivity index (χ2v) is 4.88. The van der Waals surface area contributed by atoms with Gasteiger partial charge in [0.25, 0.3) is 0 Å². The van der Waals surface area contributed by atoms with E-state index in [0.29, 0.717) is 12.1 Å². The molecule has 0 unspecified atom stereocenters. The summed E-state index contributed by atoms with van der Waals surface area (Å²) in [6.45, 7) is 5.04. The van der Waals surface area contributed by atoms with Crippen molar-refractivity contribution in [1.29, 1.82) is 0 Å². The zero-order valence-electron chi connectivity index (χ0n) is 12.6. The van der Waals surface area contributed by atoms with Crippen LogP contribution in [0.3, 0.4) is 0 Å². The lowest BCUT2D eigenvalue weighted by Gasteiger charge is -2.14. The molecule has 0 spiro atoms.